The summed E-state index contributed by atoms with van der Waals surface area (Å²) < 4.78 is 27.3. The summed E-state index contributed by atoms with van der Waals surface area (Å²) in [6, 6.07) is 5.32. The largest absolute Gasteiger partial charge is 0.333 e. The molecule has 0 N–H and O–H groups in total. The van der Waals surface area contributed by atoms with Crippen molar-refractivity contribution in [3.63, 3.8) is 0 Å². The van der Waals surface area contributed by atoms with Crippen LogP contribution in [-0.4, -0.2) is 48.2 Å². The number of amides is 1. The summed E-state index contributed by atoms with van der Waals surface area (Å²) >= 11 is 0. The lowest BCUT2D eigenvalue weighted by atomic mass is 9.98. The van der Waals surface area contributed by atoms with Gasteiger partial charge in [0.25, 0.3) is 0 Å². The van der Waals surface area contributed by atoms with Crippen molar-refractivity contribution in [3.05, 3.63) is 29.3 Å². The maximum atomic E-state index is 13.0. The molecule has 128 valence electrons. The highest BCUT2D eigenvalue weighted by atomic mass is 32.2. The number of carbonyl (C=O) groups is 1. The van der Waals surface area contributed by atoms with Crippen LogP contribution in [0, 0.1) is 13.8 Å². The number of nitrogens with zero attached hydrogens (tertiary/aromatic N) is 2. The Balaban J connectivity index is 2.41. The van der Waals surface area contributed by atoms with Crippen molar-refractivity contribution in [1.82, 2.24) is 9.21 Å². The summed E-state index contributed by atoms with van der Waals surface area (Å²) in [4.78, 5) is 14.6. The van der Waals surface area contributed by atoms with Gasteiger partial charge in [-0.3, -0.25) is 4.79 Å². The van der Waals surface area contributed by atoms with E-state index in [1.165, 1.54) is 4.31 Å². The molecule has 0 bridgehead atoms. The van der Waals surface area contributed by atoms with Crippen LogP contribution in [0.2, 0.25) is 0 Å². The third-order valence-electron chi connectivity index (χ3n) is 4.26. The van der Waals surface area contributed by atoms with Crippen molar-refractivity contribution in [3.8, 4) is 0 Å². The molecule has 23 heavy (non-hydrogen) atoms. The third kappa shape index (κ3) is 3.28. The Labute approximate surface area is 139 Å². The molecule has 1 aromatic rings. The Bertz CT molecular complexity index is 723. The number of hydrogen-bond donors (Lipinski definition) is 0. The highest BCUT2D eigenvalue weighted by Gasteiger charge is 2.44. The predicted octanol–water partition coefficient (Wildman–Crippen LogP) is 2.32. The average molecular weight is 338 g/mol. The Morgan fingerprint density at radius 2 is 1.78 bits per heavy atom. The predicted molar refractivity (Wildman–Crippen MR) is 90.7 cm³/mol. The molecular formula is C17H26N2O3S. The number of benzene rings is 1. The number of aryl methyl sites for hydroxylation is 2. The zero-order valence-corrected chi connectivity index (χ0v) is 15.6. The van der Waals surface area contributed by atoms with Crippen molar-refractivity contribution in [1.29, 1.82) is 0 Å². The fraction of sp³-hybridized carbons (Fsp3) is 0.588. The summed E-state index contributed by atoms with van der Waals surface area (Å²) in [6.45, 7) is 11.6. The van der Waals surface area contributed by atoms with E-state index in [0.717, 1.165) is 5.56 Å². The zero-order chi connectivity index (χ0) is 17.6. The van der Waals surface area contributed by atoms with E-state index in [1.807, 2.05) is 40.7 Å². The fourth-order valence-corrected chi connectivity index (χ4v) is 5.26. The molecule has 5 nitrogen and oxygen atoms in total. The van der Waals surface area contributed by atoms with Crippen LogP contribution in [0.5, 0.6) is 0 Å². The van der Waals surface area contributed by atoms with Gasteiger partial charge in [-0.15, -0.1) is 0 Å². The van der Waals surface area contributed by atoms with Gasteiger partial charge in [-0.2, -0.15) is 4.31 Å². The first-order valence-corrected chi connectivity index (χ1v) is 9.30. The van der Waals surface area contributed by atoms with Gasteiger partial charge in [0, 0.05) is 12.6 Å². The second kappa shape index (κ2) is 5.91. The van der Waals surface area contributed by atoms with E-state index in [4.69, 9.17) is 0 Å². The quantitative estimate of drug-likeness (QED) is 0.850. The first-order chi connectivity index (χ1) is 10.5. The molecule has 0 atom stereocenters. The molecule has 1 heterocycles. The number of carbonyl (C=O) groups excluding carboxylic acids is 1. The van der Waals surface area contributed by atoms with E-state index in [0.29, 0.717) is 12.1 Å². The van der Waals surface area contributed by atoms with Crippen LogP contribution < -0.4 is 0 Å². The number of sulfonamides is 1. The standard InChI is InChI=1S/C17H26N2O3S/c1-12(2)19-16(20)10-18(11-17(19,5)6)23(21,22)15-8-7-13(3)9-14(15)4/h7-9,12H,10-11H2,1-6H3. The van der Waals surface area contributed by atoms with Crippen molar-refractivity contribution < 1.29 is 13.2 Å². The molecule has 1 aliphatic heterocycles. The summed E-state index contributed by atoms with van der Waals surface area (Å²) in [5.41, 5.74) is 1.19. The summed E-state index contributed by atoms with van der Waals surface area (Å²) in [7, 11) is -3.68. The van der Waals surface area contributed by atoms with Gasteiger partial charge in [0.2, 0.25) is 15.9 Å². The SMILES string of the molecule is Cc1ccc(S(=O)(=O)N2CC(=O)N(C(C)C)C(C)(C)C2)c(C)c1. The average Bonchev–Trinajstić information content (AvgIpc) is 2.35. The van der Waals surface area contributed by atoms with E-state index in [1.54, 1.807) is 24.0 Å². The molecule has 0 spiro atoms. The molecule has 1 saturated heterocycles. The van der Waals surface area contributed by atoms with Crippen molar-refractivity contribution in [2.24, 2.45) is 0 Å². The smallest absolute Gasteiger partial charge is 0.243 e. The number of rotatable bonds is 3. The highest BCUT2D eigenvalue weighted by Crippen LogP contribution is 2.29. The van der Waals surface area contributed by atoms with Crippen LogP contribution in [0.15, 0.2) is 23.1 Å². The minimum Gasteiger partial charge on any atom is -0.333 e. The number of piperazine rings is 1. The van der Waals surface area contributed by atoms with Crippen molar-refractivity contribution in [2.75, 3.05) is 13.1 Å². The summed E-state index contributed by atoms with van der Waals surface area (Å²) in [5, 5.41) is 0. The molecule has 0 radical (unpaired) electrons. The molecule has 0 unspecified atom stereocenters. The monoisotopic (exact) mass is 338 g/mol. The van der Waals surface area contributed by atoms with Gasteiger partial charge < -0.3 is 4.90 Å². The van der Waals surface area contributed by atoms with E-state index in [9.17, 15) is 13.2 Å². The van der Waals surface area contributed by atoms with Crippen LogP contribution in [0.1, 0.15) is 38.8 Å². The van der Waals surface area contributed by atoms with Crippen molar-refractivity contribution in [2.45, 2.75) is 58.0 Å². The third-order valence-corrected chi connectivity index (χ3v) is 6.21. The molecule has 6 heteroatoms. The molecular weight excluding hydrogens is 312 g/mol. The maximum Gasteiger partial charge on any atom is 0.243 e. The highest BCUT2D eigenvalue weighted by molar-refractivity contribution is 7.89. The Hall–Kier alpha value is -1.40. The molecule has 1 aromatic carbocycles. The molecule has 2 rings (SSSR count). The normalized spacial score (nSPS) is 19.4. The lowest BCUT2D eigenvalue weighted by molar-refractivity contribution is -0.144. The molecule has 1 aliphatic rings. The van der Waals surface area contributed by atoms with E-state index in [-0.39, 0.29) is 23.4 Å². The van der Waals surface area contributed by atoms with E-state index < -0.39 is 15.6 Å². The molecule has 1 fully saturated rings. The topological polar surface area (TPSA) is 57.7 Å². The minimum atomic E-state index is -3.68. The van der Waals surface area contributed by atoms with Gasteiger partial charge in [0.15, 0.2) is 0 Å². The minimum absolute atomic E-state index is 0.0449. The van der Waals surface area contributed by atoms with Crippen molar-refractivity contribution >= 4 is 15.9 Å². The molecule has 0 aliphatic carbocycles. The molecule has 0 saturated carbocycles. The van der Waals surface area contributed by atoms with Crippen LogP contribution in [-0.2, 0) is 14.8 Å². The molecule has 0 aromatic heterocycles. The van der Waals surface area contributed by atoms with Crippen LogP contribution >= 0.6 is 0 Å². The lowest BCUT2D eigenvalue weighted by Crippen LogP contribution is -2.64. The second-order valence-electron chi connectivity index (χ2n) is 7.21. The van der Waals surface area contributed by atoms with E-state index >= 15 is 0 Å². The van der Waals surface area contributed by atoms with E-state index in [2.05, 4.69) is 0 Å². The lowest BCUT2D eigenvalue weighted by Gasteiger charge is -2.48. The van der Waals surface area contributed by atoms with Gasteiger partial charge in [-0.1, -0.05) is 17.7 Å². The summed E-state index contributed by atoms with van der Waals surface area (Å²) in [5.74, 6) is -0.149. The Morgan fingerprint density at radius 3 is 2.26 bits per heavy atom. The fourth-order valence-electron chi connectivity index (χ4n) is 3.51. The first kappa shape index (κ1) is 17.9. The molecule has 1 amide bonds. The Morgan fingerprint density at radius 1 is 1.17 bits per heavy atom. The zero-order valence-electron chi connectivity index (χ0n) is 14.8. The van der Waals surface area contributed by atoms with Crippen LogP contribution in [0.25, 0.3) is 0 Å². The number of hydrogen-bond acceptors (Lipinski definition) is 3. The maximum absolute atomic E-state index is 13.0. The second-order valence-corrected chi connectivity index (χ2v) is 9.12. The van der Waals surface area contributed by atoms with Gasteiger partial charge in [0.1, 0.15) is 0 Å². The van der Waals surface area contributed by atoms with Gasteiger partial charge in [-0.05, 0) is 53.2 Å². The first-order valence-electron chi connectivity index (χ1n) is 7.86. The van der Waals surface area contributed by atoms with Gasteiger partial charge >= 0.3 is 0 Å². The van der Waals surface area contributed by atoms with Crippen LogP contribution in [0.3, 0.4) is 0 Å². The summed E-state index contributed by atoms with van der Waals surface area (Å²) in [6.07, 6.45) is 0. The van der Waals surface area contributed by atoms with Gasteiger partial charge in [-0.25, -0.2) is 8.42 Å². The van der Waals surface area contributed by atoms with Crippen LogP contribution in [0.4, 0.5) is 0 Å². The van der Waals surface area contributed by atoms with Gasteiger partial charge in [0.05, 0.1) is 17.0 Å². The Kier molecular flexibility index (Phi) is 4.61.